The van der Waals surface area contributed by atoms with Crippen molar-refractivity contribution in [1.29, 1.82) is 0 Å². The molecule has 0 bridgehead atoms. The maximum atomic E-state index is 12.3. The van der Waals surface area contributed by atoms with Crippen LogP contribution < -0.4 is 5.73 Å². The van der Waals surface area contributed by atoms with Crippen molar-refractivity contribution < 1.29 is 4.79 Å². The number of amides is 1. The number of fused-ring (bicyclic) bond motifs is 1. The Hall–Kier alpha value is -0.100. The fourth-order valence-electron chi connectivity index (χ4n) is 3.57. The lowest BCUT2D eigenvalue weighted by Crippen LogP contribution is -2.33. The molecule has 1 aromatic heterocycles. The summed E-state index contributed by atoms with van der Waals surface area (Å²) in [7, 11) is 0. The molecular weight excluding hydrogens is 372 g/mol. The highest BCUT2D eigenvalue weighted by Crippen LogP contribution is 2.37. The van der Waals surface area contributed by atoms with Crippen LogP contribution in [-0.4, -0.2) is 29.9 Å². The van der Waals surface area contributed by atoms with Crippen LogP contribution in [0.25, 0.3) is 0 Å². The van der Waals surface area contributed by atoms with E-state index in [-0.39, 0.29) is 12.4 Å². The molecule has 1 saturated heterocycles. The van der Waals surface area contributed by atoms with E-state index in [1.807, 2.05) is 0 Å². The topological polar surface area (TPSA) is 46.3 Å². The zero-order chi connectivity index (χ0) is 14.1. The van der Waals surface area contributed by atoms with Gasteiger partial charge in [0.1, 0.15) is 0 Å². The molecular formula is C15H22BrClN2OS. The summed E-state index contributed by atoms with van der Waals surface area (Å²) < 4.78 is 1.17. The van der Waals surface area contributed by atoms with Crippen molar-refractivity contribution in [1.82, 2.24) is 4.90 Å². The molecule has 2 fully saturated rings. The van der Waals surface area contributed by atoms with E-state index in [0.717, 1.165) is 32.4 Å². The summed E-state index contributed by atoms with van der Waals surface area (Å²) in [4.78, 5) is 15.7. The Balaban J connectivity index is 0.00000161. The Morgan fingerprint density at radius 3 is 2.86 bits per heavy atom. The average molecular weight is 394 g/mol. The molecule has 2 heterocycles. The summed E-state index contributed by atoms with van der Waals surface area (Å²) in [5.74, 6) is 1.55. The van der Waals surface area contributed by atoms with Gasteiger partial charge in [0.25, 0.3) is 0 Å². The zero-order valence-electron chi connectivity index (χ0n) is 12.0. The van der Waals surface area contributed by atoms with Crippen molar-refractivity contribution in [2.45, 2.75) is 38.1 Å². The summed E-state index contributed by atoms with van der Waals surface area (Å²) in [5, 5.41) is 0. The Bertz CT molecular complexity index is 496. The van der Waals surface area contributed by atoms with Crippen LogP contribution in [0.4, 0.5) is 0 Å². The van der Waals surface area contributed by atoms with Crippen molar-refractivity contribution in [3.05, 3.63) is 20.8 Å². The van der Waals surface area contributed by atoms with Gasteiger partial charge in [-0.1, -0.05) is 0 Å². The van der Waals surface area contributed by atoms with Crippen LogP contribution in [0.1, 0.15) is 30.6 Å². The molecule has 3 nitrogen and oxygen atoms in total. The first-order valence-electron chi connectivity index (χ1n) is 7.41. The molecule has 0 aromatic carbocycles. The normalized spacial score (nSPS) is 27.5. The van der Waals surface area contributed by atoms with Gasteiger partial charge in [0.2, 0.25) is 5.91 Å². The maximum Gasteiger partial charge on any atom is 0.222 e. The van der Waals surface area contributed by atoms with Gasteiger partial charge in [-0.3, -0.25) is 4.79 Å². The number of thiophene rings is 1. The number of nitrogens with two attached hydrogens (primary N) is 1. The van der Waals surface area contributed by atoms with Gasteiger partial charge >= 0.3 is 0 Å². The van der Waals surface area contributed by atoms with Crippen LogP contribution in [-0.2, 0) is 11.2 Å². The minimum Gasteiger partial charge on any atom is -0.342 e. The van der Waals surface area contributed by atoms with Crippen LogP contribution >= 0.6 is 39.7 Å². The molecule has 3 unspecified atom stereocenters. The molecule has 1 saturated carbocycles. The standard InChI is InChI=1S/C15H21BrN2OS.ClH/c16-14-7-5-11(20-14)2-1-3-15(19)18-8-10-4-6-13(17)12(10)9-18;/h5,7,10,12-13H,1-4,6,8-9,17H2;1H. The molecule has 6 heteroatoms. The number of hydrogen-bond donors (Lipinski definition) is 1. The van der Waals surface area contributed by atoms with Crippen LogP contribution in [0.2, 0.25) is 0 Å². The Morgan fingerprint density at radius 2 is 2.19 bits per heavy atom. The fourth-order valence-corrected chi connectivity index (χ4v) is 5.09. The van der Waals surface area contributed by atoms with Crippen molar-refractivity contribution in [3.63, 3.8) is 0 Å². The highest BCUT2D eigenvalue weighted by atomic mass is 79.9. The van der Waals surface area contributed by atoms with Crippen LogP contribution in [0, 0.1) is 11.8 Å². The SMILES string of the molecule is Cl.NC1CCC2CN(C(=O)CCCc3ccc(Br)s3)CC12. The number of carbonyl (C=O) groups is 1. The smallest absolute Gasteiger partial charge is 0.222 e. The summed E-state index contributed by atoms with van der Waals surface area (Å²) >= 11 is 5.23. The molecule has 21 heavy (non-hydrogen) atoms. The van der Waals surface area contributed by atoms with Crippen LogP contribution in [0.3, 0.4) is 0 Å². The summed E-state index contributed by atoms with van der Waals surface area (Å²) in [6.07, 6.45) is 4.97. The predicted molar refractivity (Wildman–Crippen MR) is 93.0 cm³/mol. The monoisotopic (exact) mass is 392 g/mol. The van der Waals surface area contributed by atoms with E-state index in [2.05, 4.69) is 33.0 Å². The Kier molecular flexibility index (Phi) is 6.12. The lowest BCUT2D eigenvalue weighted by Gasteiger charge is -2.18. The van der Waals surface area contributed by atoms with Crippen molar-refractivity contribution in [2.24, 2.45) is 17.6 Å². The molecule has 3 atom stereocenters. The molecule has 1 aromatic rings. The molecule has 118 valence electrons. The van der Waals surface area contributed by atoms with E-state index >= 15 is 0 Å². The second-order valence-electron chi connectivity index (χ2n) is 6.02. The van der Waals surface area contributed by atoms with Crippen molar-refractivity contribution in [2.75, 3.05) is 13.1 Å². The first-order chi connectivity index (χ1) is 9.63. The minimum atomic E-state index is 0. The van der Waals surface area contributed by atoms with Gasteiger partial charge in [0.15, 0.2) is 0 Å². The third-order valence-electron chi connectivity index (χ3n) is 4.71. The van der Waals surface area contributed by atoms with Crippen LogP contribution in [0.15, 0.2) is 15.9 Å². The van der Waals surface area contributed by atoms with E-state index in [1.54, 1.807) is 11.3 Å². The van der Waals surface area contributed by atoms with Gasteiger partial charge in [0, 0.05) is 30.4 Å². The number of aryl methyl sites for hydroxylation is 1. The number of hydrogen-bond acceptors (Lipinski definition) is 3. The summed E-state index contributed by atoms with van der Waals surface area (Å²) in [6.45, 7) is 1.84. The van der Waals surface area contributed by atoms with Crippen molar-refractivity contribution >= 4 is 45.6 Å². The number of halogens is 2. The second kappa shape index (κ2) is 7.44. The molecule has 1 amide bonds. The van der Waals surface area contributed by atoms with E-state index in [4.69, 9.17) is 5.73 Å². The number of likely N-dealkylation sites (tertiary alicyclic amines) is 1. The molecule has 2 N–H and O–H groups in total. The number of carbonyl (C=O) groups excluding carboxylic acids is 1. The largest absolute Gasteiger partial charge is 0.342 e. The molecule has 3 rings (SSSR count). The highest BCUT2D eigenvalue weighted by Gasteiger charge is 2.42. The van der Waals surface area contributed by atoms with Crippen LogP contribution in [0.5, 0.6) is 0 Å². The lowest BCUT2D eigenvalue weighted by molar-refractivity contribution is -0.130. The third kappa shape index (κ3) is 4.01. The van der Waals surface area contributed by atoms with E-state index < -0.39 is 0 Å². The first kappa shape index (κ1) is 17.3. The molecule has 0 spiro atoms. The summed E-state index contributed by atoms with van der Waals surface area (Å²) in [6, 6.07) is 4.53. The molecule has 0 radical (unpaired) electrons. The second-order valence-corrected chi connectivity index (χ2v) is 8.57. The maximum absolute atomic E-state index is 12.3. The number of nitrogens with zero attached hydrogens (tertiary/aromatic N) is 1. The predicted octanol–water partition coefficient (Wildman–Crippen LogP) is 3.45. The van der Waals surface area contributed by atoms with E-state index in [1.165, 1.54) is 15.1 Å². The Morgan fingerprint density at radius 1 is 1.38 bits per heavy atom. The molecule has 2 aliphatic rings. The third-order valence-corrected chi connectivity index (χ3v) is 6.39. The average Bonchev–Trinajstić information content (AvgIpc) is 3.08. The van der Waals surface area contributed by atoms with Gasteiger partial charge in [-0.2, -0.15) is 0 Å². The molecule has 1 aliphatic heterocycles. The van der Waals surface area contributed by atoms with Gasteiger partial charge in [0.05, 0.1) is 3.79 Å². The summed E-state index contributed by atoms with van der Waals surface area (Å²) in [5.41, 5.74) is 6.12. The van der Waals surface area contributed by atoms with Gasteiger partial charge in [-0.25, -0.2) is 0 Å². The van der Waals surface area contributed by atoms with E-state index in [9.17, 15) is 4.79 Å². The van der Waals surface area contributed by atoms with Crippen molar-refractivity contribution in [3.8, 4) is 0 Å². The van der Waals surface area contributed by atoms with E-state index in [0.29, 0.717) is 30.2 Å². The minimum absolute atomic E-state index is 0. The number of rotatable bonds is 4. The van der Waals surface area contributed by atoms with Gasteiger partial charge in [-0.05, 0) is 65.6 Å². The molecule has 1 aliphatic carbocycles. The zero-order valence-corrected chi connectivity index (χ0v) is 15.2. The van der Waals surface area contributed by atoms with Gasteiger partial charge in [-0.15, -0.1) is 23.7 Å². The lowest BCUT2D eigenvalue weighted by atomic mass is 9.98. The van der Waals surface area contributed by atoms with Gasteiger partial charge < -0.3 is 10.6 Å². The first-order valence-corrected chi connectivity index (χ1v) is 9.02. The Labute approximate surface area is 144 Å². The quantitative estimate of drug-likeness (QED) is 0.851. The fraction of sp³-hybridized carbons (Fsp3) is 0.667. The highest BCUT2D eigenvalue weighted by molar-refractivity contribution is 9.11.